The molecule has 2 aromatic heterocycles. The minimum Gasteiger partial charge on any atom is -0.317 e. The van der Waals surface area contributed by atoms with Crippen molar-refractivity contribution >= 4 is 22.6 Å². The quantitative estimate of drug-likeness (QED) is 0.357. The second-order valence-corrected chi connectivity index (χ2v) is 9.06. The van der Waals surface area contributed by atoms with Gasteiger partial charge in [-0.05, 0) is 68.6 Å². The summed E-state index contributed by atoms with van der Waals surface area (Å²) < 4.78 is 15.0. The Kier molecular flexibility index (Phi) is 6.73. The number of hydrazine groups is 1. The van der Waals surface area contributed by atoms with Crippen molar-refractivity contribution < 1.29 is 9.18 Å². The summed E-state index contributed by atoms with van der Waals surface area (Å²) in [4.78, 5) is 37.6. The Balaban J connectivity index is 1.17. The van der Waals surface area contributed by atoms with Gasteiger partial charge in [-0.25, -0.2) is 9.37 Å². The van der Waals surface area contributed by atoms with Gasteiger partial charge in [-0.15, -0.1) is 0 Å². The molecular formula is C27H27FN6O2. The molecule has 36 heavy (non-hydrogen) atoms. The van der Waals surface area contributed by atoms with Crippen molar-refractivity contribution in [1.82, 2.24) is 25.3 Å². The molecule has 1 saturated heterocycles. The Hall–Kier alpha value is -4.11. The van der Waals surface area contributed by atoms with Crippen LogP contribution in [0.1, 0.15) is 46.1 Å². The molecule has 1 amide bonds. The highest BCUT2D eigenvalue weighted by atomic mass is 19.1. The number of nitrogens with one attached hydrogen (secondary N) is 3. The number of para-hydroxylation sites is 1. The Morgan fingerprint density at radius 3 is 2.61 bits per heavy atom. The molecule has 8 nitrogen and oxygen atoms in total. The van der Waals surface area contributed by atoms with Crippen molar-refractivity contribution in [2.75, 3.05) is 18.5 Å². The Morgan fingerprint density at radius 2 is 1.89 bits per heavy atom. The number of benzene rings is 2. The molecule has 1 aliphatic heterocycles. The summed E-state index contributed by atoms with van der Waals surface area (Å²) in [7, 11) is 0. The third-order valence-corrected chi connectivity index (χ3v) is 6.62. The molecule has 184 valence electrons. The highest BCUT2D eigenvalue weighted by Gasteiger charge is 2.23. The average Bonchev–Trinajstić information content (AvgIpc) is 2.91. The van der Waals surface area contributed by atoms with Gasteiger partial charge in [0.05, 0.1) is 11.2 Å². The zero-order valence-electron chi connectivity index (χ0n) is 19.9. The summed E-state index contributed by atoms with van der Waals surface area (Å²) in [5.41, 5.74) is 8.86. The first kappa shape index (κ1) is 23.6. The number of H-pyrrole nitrogens is 1. The summed E-state index contributed by atoms with van der Waals surface area (Å²) in [5, 5.41) is 0. The van der Waals surface area contributed by atoms with Crippen molar-refractivity contribution in [1.29, 1.82) is 0 Å². The number of aryl methyl sites for hydroxylation is 1. The molecule has 0 atom stereocenters. The fourth-order valence-electron chi connectivity index (χ4n) is 4.54. The van der Waals surface area contributed by atoms with Crippen molar-refractivity contribution in [3.05, 3.63) is 99.5 Å². The van der Waals surface area contributed by atoms with E-state index in [9.17, 15) is 9.59 Å². The molecule has 0 saturated carbocycles. The minimum absolute atomic E-state index is 0.159. The van der Waals surface area contributed by atoms with Crippen LogP contribution >= 0.6 is 0 Å². The third kappa shape index (κ3) is 5.11. The van der Waals surface area contributed by atoms with Crippen LogP contribution in [0.2, 0.25) is 0 Å². The van der Waals surface area contributed by atoms with Crippen LogP contribution in [0.4, 0.5) is 10.1 Å². The topological polar surface area (TPSA) is 103 Å². The maximum Gasteiger partial charge on any atom is 0.288 e. The van der Waals surface area contributed by atoms with Crippen molar-refractivity contribution in [3.8, 4) is 0 Å². The normalized spacial score (nSPS) is 14.6. The number of hydrogen-bond acceptors (Lipinski definition) is 6. The number of anilines is 1. The number of pyridine rings is 1. The smallest absolute Gasteiger partial charge is 0.288 e. The van der Waals surface area contributed by atoms with Gasteiger partial charge in [0.1, 0.15) is 16.9 Å². The summed E-state index contributed by atoms with van der Waals surface area (Å²) in [6.45, 7) is 3.70. The minimum atomic E-state index is -0.418. The van der Waals surface area contributed by atoms with E-state index in [4.69, 9.17) is 0 Å². The van der Waals surface area contributed by atoms with Gasteiger partial charge in [-0.1, -0.05) is 30.3 Å². The van der Waals surface area contributed by atoms with Crippen LogP contribution in [0.15, 0.2) is 65.6 Å². The first-order valence-electron chi connectivity index (χ1n) is 12.0. The van der Waals surface area contributed by atoms with Crippen LogP contribution in [-0.4, -0.2) is 38.8 Å². The lowest BCUT2D eigenvalue weighted by Crippen LogP contribution is -2.33. The molecule has 9 heteroatoms. The molecule has 4 aromatic rings. The number of fused-ring (bicyclic) bond motifs is 1. The van der Waals surface area contributed by atoms with Crippen LogP contribution in [0.5, 0.6) is 0 Å². The molecule has 2 aromatic carbocycles. The average molecular weight is 487 g/mol. The maximum atomic E-state index is 15.0. The van der Waals surface area contributed by atoms with Crippen LogP contribution in [0, 0.1) is 12.7 Å². The van der Waals surface area contributed by atoms with Crippen LogP contribution in [0.25, 0.3) is 11.0 Å². The van der Waals surface area contributed by atoms with E-state index in [1.165, 1.54) is 0 Å². The van der Waals surface area contributed by atoms with Gasteiger partial charge in [-0.3, -0.25) is 30.3 Å². The number of aromatic amines is 1. The van der Waals surface area contributed by atoms with E-state index < -0.39 is 5.82 Å². The van der Waals surface area contributed by atoms with Gasteiger partial charge in [0.2, 0.25) is 0 Å². The lowest BCUT2D eigenvalue weighted by atomic mass is 9.90. The molecule has 5 rings (SSSR count). The van der Waals surface area contributed by atoms with E-state index >= 15 is 4.39 Å². The summed E-state index contributed by atoms with van der Waals surface area (Å²) in [6, 6.07) is 16.6. The SMILES string of the molecule is Cc1nc2ccc(CN3CCC(c4ccc(C(=O)NNc5ccccc5)nc4)CC3)c(F)c2[nH]c1=O. The maximum absolute atomic E-state index is 15.0. The molecule has 0 aliphatic carbocycles. The van der Waals surface area contributed by atoms with Gasteiger partial charge < -0.3 is 4.98 Å². The van der Waals surface area contributed by atoms with Gasteiger partial charge in [0.15, 0.2) is 5.82 Å². The summed E-state index contributed by atoms with van der Waals surface area (Å²) in [5.74, 6) is -0.387. The number of carbonyl (C=O) groups excluding carboxylic acids is 1. The standard InChI is InChI=1S/C27H27FN6O2/c1-17-26(35)31-25-22(30-17)9-8-20(24(25)28)16-34-13-11-18(12-14-34)19-7-10-23(29-15-19)27(36)33-32-21-5-3-2-4-6-21/h2-10,15,18,32H,11-14,16H2,1H3,(H,31,35)(H,33,36). The first-order chi connectivity index (χ1) is 17.5. The second-order valence-electron chi connectivity index (χ2n) is 9.06. The fourth-order valence-corrected chi connectivity index (χ4v) is 4.54. The predicted octanol–water partition coefficient (Wildman–Crippen LogP) is 3.90. The van der Waals surface area contributed by atoms with E-state index in [0.29, 0.717) is 34.9 Å². The second kappa shape index (κ2) is 10.2. The number of carbonyl (C=O) groups is 1. The van der Waals surface area contributed by atoms with Gasteiger partial charge in [-0.2, -0.15) is 0 Å². The van der Waals surface area contributed by atoms with E-state index in [1.54, 1.807) is 31.3 Å². The highest BCUT2D eigenvalue weighted by molar-refractivity contribution is 5.93. The number of aromatic nitrogens is 3. The van der Waals surface area contributed by atoms with Crippen molar-refractivity contribution in [2.45, 2.75) is 32.2 Å². The molecule has 0 spiro atoms. The number of rotatable bonds is 6. The van der Waals surface area contributed by atoms with Crippen LogP contribution < -0.4 is 16.4 Å². The van der Waals surface area contributed by atoms with E-state index in [0.717, 1.165) is 37.2 Å². The summed E-state index contributed by atoms with van der Waals surface area (Å²) >= 11 is 0. The molecular weight excluding hydrogens is 459 g/mol. The Labute approximate surface area is 207 Å². The molecule has 0 unspecified atom stereocenters. The van der Waals surface area contributed by atoms with E-state index in [2.05, 4.69) is 30.7 Å². The predicted molar refractivity (Wildman–Crippen MR) is 136 cm³/mol. The molecule has 1 aliphatic rings. The number of halogens is 1. The number of likely N-dealkylation sites (tertiary alicyclic amines) is 1. The molecule has 3 N–H and O–H groups in total. The largest absolute Gasteiger partial charge is 0.317 e. The number of amides is 1. The monoisotopic (exact) mass is 486 g/mol. The van der Waals surface area contributed by atoms with Gasteiger partial charge in [0, 0.05) is 18.3 Å². The van der Waals surface area contributed by atoms with Crippen LogP contribution in [-0.2, 0) is 6.54 Å². The van der Waals surface area contributed by atoms with Gasteiger partial charge in [0.25, 0.3) is 11.5 Å². The number of nitrogens with zero attached hydrogens (tertiary/aromatic N) is 3. The lowest BCUT2D eigenvalue weighted by molar-refractivity contribution is 0.0957. The molecule has 3 heterocycles. The zero-order valence-corrected chi connectivity index (χ0v) is 19.9. The fraction of sp³-hybridized carbons (Fsp3) is 0.259. The zero-order chi connectivity index (χ0) is 25.1. The van der Waals surface area contributed by atoms with Crippen molar-refractivity contribution in [3.63, 3.8) is 0 Å². The number of piperidine rings is 1. The van der Waals surface area contributed by atoms with Gasteiger partial charge >= 0.3 is 0 Å². The van der Waals surface area contributed by atoms with Crippen molar-refractivity contribution in [2.24, 2.45) is 0 Å². The highest BCUT2D eigenvalue weighted by Crippen LogP contribution is 2.29. The molecule has 0 radical (unpaired) electrons. The molecule has 0 bridgehead atoms. The summed E-state index contributed by atoms with van der Waals surface area (Å²) in [6.07, 6.45) is 3.59. The van der Waals surface area contributed by atoms with E-state index in [-0.39, 0.29) is 17.0 Å². The number of hydrogen-bond donors (Lipinski definition) is 3. The Bertz CT molecular complexity index is 1430. The van der Waals surface area contributed by atoms with E-state index in [1.807, 2.05) is 36.4 Å². The molecule has 1 fully saturated rings. The third-order valence-electron chi connectivity index (χ3n) is 6.62. The lowest BCUT2D eigenvalue weighted by Gasteiger charge is -2.32. The Morgan fingerprint density at radius 1 is 1.11 bits per heavy atom. The van der Waals surface area contributed by atoms with Crippen LogP contribution in [0.3, 0.4) is 0 Å². The first-order valence-corrected chi connectivity index (χ1v) is 12.0.